The van der Waals surface area contributed by atoms with Gasteiger partial charge in [0, 0.05) is 5.56 Å². The van der Waals surface area contributed by atoms with Gasteiger partial charge in [-0.2, -0.15) is 15.1 Å². The molecule has 0 saturated carbocycles. The molecule has 2 aliphatic heterocycles. The number of hydrogen-bond donors (Lipinski definition) is 1. The molecule has 0 bridgehead atoms. The number of amidine groups is 2. The fourth-order valence-electron chi connectivity index (χ4n) is 4.04. The standard InChI is InChI=1S/C30H27IN4O4S/c1-17-5-8-21(9-6-17)29-34-35-27(32)23(28(36)33-30(35)40-29)14-20-15-24(31)26(25(16-20)37-4)39-12-11-38-22-10-7-18(2)19(3)13-22/h5-10,13-16,32H,11-12H2,1-4H3/b23-14-,32-27?. The Bertz CT molecular complexity index is 1600. The van der Waals surface area contributed by atoms with E-state index in [4.69, 9.17) is 19.6 Å². The van der Waals surface area contributed by atoms with Gasteiger partial charge in [0.15, 0.2) is 17.3 Å². The first-order chi connectivity index (χ1) is 19.2. The second kappa shape index (κ2) is 11.8. The average molecular weight is 667 g/mol. The first-order valence-corrected chi connectivity index (χ1v) is 14.4. The summed E-state index contributed by atoms with van der Waals surface area (Å²) in [6.45, 7) is 6.83. The monoisotopic (exact) mass is 666 g/mol. The number of fused-ring (bicyclic) bond motifs is 1. The lowest BCUT2D eigenvalue weighted by atomic mass is 10.1. The zero-order valence-corrected chi connectivity index (χ0v) is 25.4. The van der Waals surface area contributed by atoms with E-state index >= 15 is 0 Å². The summed E-state index contributed by atoms with van der Waals surface area (Å²) in [5.41, 5.74) is 5.27. The van der Waals surface area contributed by atoms with Crippen molar-refractivity contribution in [3.05, 3.63) is 91.6 Å². The highest BCUT2D eigenvalue weighted by Crippen LogP contribution is 2.36. The Balaban J connectivity index is 1.31. The van der Waals surface area contributed by atoms with Crippen LogP contribution in [0, 0.1) is 29.8 Å². The van der Waals surface area contributed by atoms with Crippen LogP contribution in [0.1, 0.15) is 27.8 Å². The van der Waals surface area contributed by atoms with Gasteiger partial charge >= 0.3 is 0 Å². The highest BCUT2D eigenvalue weighted by Gasteiger charge is 2.36. The van der Waals surface area contributed by atoms with E-state index in [9.17, 15) is 4.79 Å². The summed E-state index contributed by atoms with van der Waals surface area (Å²) in [5, 5.41) is 15.7. The Morgan fingerprint density at radius 2 is 1.75 bits per heavy atom. The number of nitrogens with zero attached hydrogens (tertiary/aromatic N) is 3. The molecule has 2 aliphatic rings. The normalized spacial score (nSPS) is 15.6. The number of hydrogen-bond acceptors (Lipinski definition) is 7. The molecular weight excluding hydrogens is 639 g/mol. The Hall–Kier alpha value is -3.64. The van der Waals surface area contributed by atoms with E-state index < -0.39 is 5.91 Å². The lowest BCUT2D eigenvalue weighted by molar-refractivity contribution is -0.114. The zero-order chi connectivity index (χ0) is 28.4. The Morgan fingerprint density at radius 1 is 1.00 bits per heavy atom. The van der Waals surface area contributed by atoms with E-state index in [1.165, 1.54) is 27.9 Å². The number of benzene rings is 3. The van der Waals surface area contributed by atoms with Gasteiger partial charge in [0.1, 0.15) is 24.0 Å². The lowest BCUT2D eigenvalue weighted by Crippen LogP contribution is -2.35. The Kier molecular flexibility index (Phi) is 8.27. The summed E-state index contributed by atoms with van der Waals surface area (Å²) < 4.78 is 18.2. The van der Waals surface area contributed by atoms with Crippen LogP contribution >= 0.6 is 34.4 Å². The number of ether oxygens (including phenoxy) is 3. The van der Waals surface area contributed by atoms with E-state index in [1.807, 2.05) is 55.5 Å². The number of carbonyl (C=O) groups excluding carboxylic acids is 1. The highest BCUT2D eigenvalue weighted by molar-refractivity contribution is 14.1. The first kappa shape index (κ1) is 27.9. The molecule has 0 aliphatic carbocycles. The van der Waals surface area contributed by atoms with Crippen LogP contribution in [-0.2, 0) is 4.79 Å². The topological polar surface area (TPSA) is 96.6 Å². The van der Waals surface area contributed by atoms with Gasteiger partial charge in [-0.1, -0.05) is 35.9 Å². The fourth-order valence-corrected chi connectivity index (χ4v) is 5.72. The minimum Gasteiger partial charge on any atom is -0.493 e. The minimum absolute atomic E-state index is 0.0256. The van der Waals surface area contributed by atoms with E-state index in [1.54, 1.807) is 19.3 Å². The van der Waals surface area contributed by atoms with Gasteiger partial charge in [-0.3, -0.25) is 10.2 Å². The van der Waals surface area contributed by atoms with Crippen molar-refractivity contribution in [3.63, 3.8) is 0 Å². The van der Waals surface area contributed by atoms with Gasteiger partial charge < -0.3 is 14.2 Å². The van der Waals surface area contributed by atoms with Gasteiger partial charge in [-0.15, -0.1) is 0 Å². The van der Waals surface area contributed by atoms with Crippen molar-refractivity contribution in [1.29, 1.82) is 5.41 Å². The van der Waals surface area contributed by atoms with E-state index in [-0.39, 0.29) is 11.4 Å². The molecule has 2 heterocycles. The molecule has 3 aromatic carbocycles. The SMILES string of the molecule is COc1cc(/C=C2/C(=N)N3N=C(c4ccc(C)cc4)SC3=NC2=O)cc(I)c1OCCOc1ccc(C)c(C)c1. The van der Waals surface area contributed by atoms with Crippen molar-refractivity contribution in [2.24, 2.45) is 10.1 Å². The van der Waals surface area contributed by atoms with Crippen molar-refractivity contribution >= 4 is 62.4 Å². The number of carbonyl (C=O) groups is 1. The van der Waals surface area contributed by atoms with Crippen molar-refractivity contribution in [2.45, 2.75) is 20.8 Å². The molecule has 10 heteroatoms. The van der Waals surface area contributed by atoms with Crippen LogP contribution in [0.15, 0.2) is 70.3 Å². The van der Waals surface area contributed by atoms with Crippen LogP contribution in [0.25, 0.3) is 6.08 Å². The van der Waals surface area contributed by atoms with Gasteiger partial charge in [0.2, 0.25) is 5.17 Å². The summed E-state index contributed by atoms with van der Waals surface area (Å²) in [6.07, 6.45) is 1.63. The van der Waals surface area contributed by atoms with Crippen LogP contribution in [-0.4, -0.2) is 47.3 Å². The molecule has 204 valence electrons. The molecule has 0 spiro atoms. The van der Waals surface area contributed by atoms with Crippen molar-refractivity contribution in [2.75, 3.05) is 20.3 Å². The molecule has 3 aromatic rings. The van der Waals surface area contributed by atoms with Crippen molar-refractivity contribution in [3.8, 4) is 17.2 Å². The predicted molar refractivity (Wildman–Crippen MR) is 168 cm³/mol. The Morgan fingerprint density at radius 3 is 2.48 bits per heavy atom. The molecular formula is C30H27IN4O4S. The summed E-state index contributed by atoms with van der Waals surface area (Å²) in [7, 11) is 1.56. The summed E-state index contributed by atoms with van der Waals surface area (Å²) in [4.78, 5) is 17.1. The molecule has 0 radical (unpaired) electrons. The van der Waals surface area contributed by atoms with Crippen LogP contribution in [0.5, 0.6) is 17.2 Å². The van der Waals surface area contributed by atoms with Crippen LogP contribution in [0.2, 0.25) is 0 Å². The van der Waals surface area contributed by atoms with Crippen molar-refractivity contribution in [1.82, 2.24) is 5.01 Å². The molecule has 0 atom stereocenters. The first-order valence-electron chi connectivity index (χ1n) is 12.5. The highest BCUT2D eigenvalue weighted by atomic mass is 127. The molecule has 1 N–H and O–H groups in total. The van der Waals surface area contributed by atoms with E-state index in [2.05, 4.69) is 46.5 Å². The number of aliphatic imine (C=N–C) groups is 1. The molecule has 0 aromatic heterocycles. The maximum Gasteiger partial charge on any atom is 0.283 e. The molecule has 5 rings (SSSR count). The summed E-state index contributed by atoms with van der Waals surface area (Å²) in [6, 6.07) is 17.6. The van der Waals surface area contributed by atoms with Gasteiger partial charge in [-0.05, 0) is 102 Å². The van der Waals surface area contributed by atoms with Gasteiger partial charge in [-0.25, -0.2) is 0 Å². The summed E-state index contributed by atoms with van der Waals surface area (Å²) in [5.74, 6) is 1.39. The molecule has 0 unspecified atom stereocenters. The van der Waals surface area contributed by atoms with Gasteiger partial charge in [0.05, 0.1) is 16.3 Å². The lowest BCUT2D eigenvalue weighted by Gasteiger charge is -2.20. The molecule has 8 nitrogen and oxygen atoms in total. The third-order valence-corrected chi connectivity index (χ3v) is 8.15. The third kappa shape index (κ3) is 5.92. The smallest absolute Gasteiger partial charge is 0.283 e. The average Bonchev–Trinajstić information content (AvgIpc) is 3.36. The van der Waals surface area contributed by atoms with E-state index in [0.29, 0.717) is 40.5 Å². The third-order valence-electron chi connectivity index (χ3n) is 6.39. The van der Waals surface area contributed by atoms with Crippen molar-refractivity contribution < 1.29 is 19.0 Å². The molecule has 0 saturated heterocycles. The van der Waals surface area contributed by atoms with Crippen LogP contribution in [0.3, 0.4) is 0 Å². The quantitative estimate of drug-likeness (QED) is 0.171. The largest absolute Gasteiger partial charge is 0.493 e. The van der Waals surface area contributed by atoms with E-state index in [0.717, 1.165) is 20.4 Å². The molecule has 1 amide bonds. The second-order valence-corrected chi connectivity index (χ2v) is 11.4. The number of rotatable bonds is 8. The molecule has 40 heavy (non-hydrogen) atoms. The number of nitrogens with one attached hydrogen (secondary N) is 1. The minimum atomic E-state index is -0.484. The number of amides is 1. The summed E-state index contributed by atoms with van der Waals surface area (Å²) >= 11 is 3.45. The molecule has 0 fully saturated rings. The number of aryl methyl sites for hydroxylation is 3. The second-order valence-electron chi connectivity index (χ2n) is 9.27. The van der Waals surface area contributed by atoms with Gasteiger partial charge in [0.25, 0.3) is 5.91 Å². The number of halogens is 1. The van der Waals surface area contributed by atoms with Crippen LogP contribution < -0.4 is 14.2 Å². The maximum absolute atomic E-state index is 12.9. The number of thioether (sulfide) groups is 1. The number of hydrazone groups is 1. The fraction of sp³-hybridized carbons (Fsp3) is 0.200. The maximum atomic E-state index is 12.9. The zero-order valence-electron chi connectivity index (χ0n) is 22.4. The van der Waals surface area contributed by atoms with Crippen LogP contribution in [0.4, 0.5) is 0 Å². The number of methoxy groups -OCH3 is 1. The Labute approximate surface area is 250 Å². The predicted octanol–water partition coefficient (Wildman–Crippen LogP) is 6.35.